The molecule has 0 saturated carbocycles. The number of hydrogen-bond donors (Lipinski definition) is 1. The smallest absolute Gasteiger partial charge is 0.336 e. The van der Waals surface area contributed by atoms with Crippen molar-refractivity contribution in [1.29, 1.82) is 0 Å². The third-order valence-corrected chi connectivity index (χ3v) is 1.92. The molecule has 1 aromatic carbocycles. The van der Waals surface area contributed by atoms with E-state index >= 15 is 0 Å². The molecule has 0 fully saturated rings. The minimum atomic E-state index is -0.326. The summed E-state index contributed by atoms with van der Waals surface area (Å²) in [5.41, 5.74) is 6.78. The lowest BCUT2D eigenvalue weighted by molar-refractivity contribution is 0.561. The Kier molecular flexibility index (Phi) is 3.28. The Labute approximate surface area is 86.9 Å². The lowest BCUT2D eigenvalue weighted by Crippen LogP contribution is -1.97. The summed E-state index contributed by atoms with van der Waals surface area (Å²) in [7, 11) is 0. The van der Waals surface area contributed by atoms with Crippen molar-refractivity contribution in [2.24, 2.45) is 5.73 Å². The van der Waals surface area contributed by atoms with E-state index in [0.29, 0.717) is 12.1 Å². The quantitative estimate of drug-likeness (QED) is 0.731. The van der Waals surface area contributed by atoms with Crippen LogP contribution in [0.5, 0.6) is 0 Å². The lowest BCUT2D eigenvalue weighted by atomic mass is 10.1. The minimum absolute atomic E-state index is 0. The van der Waals surface area contributed by atoms with E-state index in [-0.39, 0.29) is 18.0 Å². The summed E-state index contributed by atoms with van der Waals surface area (Å²) >= 11 is 0. The van der Waals surface area contributed by atoms with Gasteiger partial charge in [0, 0.05) is 18.0 Å². The zero-order valence-electron chi connectivity index (χ0n) is 7.40. The highest BCUT2D eigenvalue weighted by atomic mass is 35.5. The van der Waals surface area contributed by atoms with Crippen LogP contribution in [-0.4, -0.2) is 0 Å². The van der Waals surface area contributed by atoms with Gasteiger partial charge in [0.1, 0.15) is 5.58 Å². The Bertz CT molecular complexity index is 493. The summed E-state index contributed by atoms with van der Waals surface area (Å²) in [6, 6.07) is 8.67. The third-order valence-electron chi connectivity index (χ3n) is 1.92. The highest BCUT2D eigenvalue weighted by Gasteiger charge is 1.97. The Hall–Kier alpha value is -1.32. The van der Waals surface area contributed by atoms with Crippen molar-refractivity contribution in [3.63, 3.8) is 0 Å². The van der Waals surface area contributed by atoms with Crippen LogP contribution in [0.1, 0.15) is 5.56 Å². The molecule has 4 heteroatoms. The molecule has 14 heavy (non-hydrogen) atoms. The van der Waals surface area contributed by atoms with Gasteiger partial charge in [-0.25, -0.2) is 4.79 Å². The summed E-state index contributed by atoms with van der Waals surface area (Å²) < 4.78 is 4.96. The van der Waals surface area contributed by atoms with Gasteiger partial charge in [0.25, 0.3) is 0 Å². The van der Waals surface area contributed by atoms with Gasteiger partial charge in [0.15, 0.2) is 0 Å². The van der Waals surface area contributed by atoms with E-state index in [2.05, 4.69) is 0 Å². The van der Waals surface area contributed by atoms with Gasteiger partial charge in [0.2, 0.25) is 0 Å². The van der Waals surface area contributed by atoms with Crippen molar-refractivity contribution in [1.82, 2.24) is 0 Å². The second-order valence-corrected chi connectivity index (χ2v) is 2.83. The molecular weight excluding hydrogens is 202 g/mol. The maximum atomic E-state index is 10.8. The normalized spacial score (nSPS) is 9.79. The number of nitrogens with two attached hydrogens (primary N) is 1. The molecule has 1 aromatic heterocycles. The van der Waals surface area contributed by atoms with Crippen molar-refractivity contribution in [3.8, 4) is 0 Å². The first-order valence-electron chi connectivity index (χ1n) is 4.02. The van der Waals surface area contributed by atoms with Gasteiger partial charge in [-0.15, -0.1) is 12.4 Å². The van der Waals surface area contributed by atoms with E-state index in [0.717, 1.165) is 10.9 Å². The van der Waals surface area contributed by atoms with Gasteiger partial charge in [-0.1, -0.05) is 6.07 Å². The van der Waals surface area contributed by atoms with E-state index in [1.165, 1.54) is 6.07 Å². The van der Waals surface area contributed by atoms with Gasteiger partial charge in [-0.2, -0.15) is 0 Å². The Morgan fingerprint density at radius 2 is 2.00 bits per heavy atom. The maximum Gasteiger partial charge on any atom is 0.336 e. The highest BCUT2D eigenvalue weighted by Crippen LogP contribution is 2.13. The first-order chi connectivity index (χ1) is 6.29. The predicted molar refractivity (Wildman–Crippen MR) is 57.6 cm³/mol. The molecule has 0 aliphatic heterocycles. The van der Waals surface area contributed by atoms with E-state index in [1.54, 1.807) is 12.1 Å². The van der Waals surface area contributed by atoms with Crippen LogP contribution in [0.4, 0.5) is 0 Å². The molecule has 0 radical (unpaired) electrons. The van der Waals surface area contributed by atoms with Crippen LogP contribution in [0.15, 0.2) is 39.5 Å². The molecule has 3 nitrogen and oxygen atoms in total. The molecule has 2 N–H and O–H groups in total. The molecule has 0 amide bonds. The van der Waals surface area contributed by atoms with Crippen molar-refractivity contribution in [2.45, 2.75) is 6.54 Å². The summed E-state index contributed by atoms with van der Waals surface area (Å²) in [6.45, 7) is 0.495. The molecule has 1 heterocycles. The summed E-state index contributed by atoms with van der Waals surface area (Å²) in [6.07, 6.45) is 0. The first kappa shape index (κ1) is 10.8. The summed E-state index contributed by atoms with van der Waals surface area (Å²) in [5, 5.41) is 0.905. The SMILES string of the molecule is Cl.NCc1ccc2oc(=O)ccc2c1. The molecule has 0 atom stereocenters. The van der Waals surface area contributed by atoms with Gasteiger partial charge in [0.05, 0.1) is 0 Å². The summed E-state index contributed by atoms with van der Waals surface area (Å²) in [5.74, 6) is 0. The Morgan fingerprint density at radius 1 is 1.21 bits per heavy atom. The van der Waals surface area contributed by atoms with Crippen molar-refractivity contribution in [2.75, 3.05) is 0 Å². The molecule has 74 valence electrons. The molecule has 0 bridgehead atoms. The lowest BCUT2D eigenvalue weighted by Gasteiger charge is -1.98. The molecule has 0 aliphatic carbocycles. The van der Waals surface area contributed by atoms with Crippen LogP contribution in [0.3, 0.4) is 0 Å². The largest absolute Gasteiger partial charge is 0.423 e. The van der Waals surface area contributed by atoms with Gasteiger partial charge in [-0.05, 0) is 23.8 Å². The number of fused-ring (bicyclic) bond motifs is 1. The molecular formula is C10H10ClNO2. The van der Waals surface area contributed by atoms with Crippen molar-refractivity contribution < 1.29 is 4.42 Å². The summed E-state index contributed by atoms with van der Waals surface area (Å²) in [4.78, 5) is 10.8. The van der Waals surface area contributed by atoms with E-state index in [1.807, 2.05) is 12.1 Å². The van der Waals surface area contributed by atoms with Crippen LogP contribution >= 0.6 is 12.4 Å². The van der Waals surface area contributed by atoms with E-state index in [4.69, 9.17) is 10.2 Å². The average Bonchev–Trinajstić information content (AvgIpc) is 2.17. The van der Waals surface area contributed by atoms with E-state index < -0.39 is 0 Å². The Balaban J connectivity index is 0.000000980. The molecule has 0 unspecified atom stereocenters. The predicted octanol–water partition coefficient (Wildman–Crippen LogP) is 1.67. The van der Waals surface area contributed by atoms with Gasteiger partial charge in [-0.3, -0.25) is 0 Å². The number of hydrogen-bond acceptors (Lipinski definition) is 3. The first-order valence-corrected chi connectivity index (χ1v) is 4.02. The van der Waals surface area contributed by atoms with Crippen molar-refractivity contribution >= 4 is 23.4 Å². The van der Waals surface area contributed by atoms with Crippen LogP contribution in [0.2, 0.25) is 0 Å². The highest BCUT2D eigenvalue weighted by molar-refractivity contribution is 5.85. The third kappa shape index (κ3) is 1.95. The zero-order valence-corrected chi connectivity index (χ0v) is 8.21. The second kappa shape index (κ2) is 4.26. The minimum Gasteiger partial charge on any atom is -0.423 e. The number of benzene rings is 1. The van der Waals surface area contributed by atoms with Crippen molar-refractivity contribution in [3.05, 3.63) is 46.3 Å². The standard InChI is InChI=1S/C10H9NO2.ClH/c11-6-7-1-3-9-8(5-7)2-4-10(12)13-9;/h1-5H,6,11H2;1H. The fourth-order valence-electron chi connectivity index (χ4n) is 1.25. The monoisotopic (exact) mass is 211 g/mol. The fourth-order valence-corrected chi connectivity index (χ4v) is 1.25. The van der Waals surface area contributed by atoms with Gasteiger partial charge >= 0.3 is 5.63 Å². The number of rotatable bonds is 1. The fraction of sp³-hybridized carbons (Fsp3) is 0.100. The van der Waals surface area contributed by atoms with E-state index in [9.17, 15) is 4.79 Å². The number of halogens is 1. The van der Waals surface area contributed by atoms with Crippen LogP contribution in [-0.2, 0) is 6.54 Å². The van der Waals surface area contributed by atoms with Gasteiger partial charge < -0.3 is 10.2 Å². The topological polar surface area (TPSA) is 56.2 Å². The molecule has 2 rings (SSSR count). The molecule has 0 aliphatic rings. The molecule has 0 saturated heterocycles. The second-order valence-electron chi connectivity index (χ2n) is 2.83. The van der Waals surface area contributed by atoms with Crippen LogP contribution in [0, 0.1) is 0 Å². The Morgan fingerprint density at radius 3 is 2.71 bits per heavy atom. The maximum absolute atomic E-state index is 10.8. The van der Waals surface area contributed by atoms with Crippen LogP contribution < -0.4 is 11.4 Å². The zero-order chi connectivity index (χ0) is 9.26. The molecule has 2 aromatic rings. The average molecular weight is 212 g/mol. The molecule has 0 spiro atoms. The van der Waals surface area contributed by atoms with Crippen LogP contribution in [0.25, 0.3) is 11.0 Å².